The van der Waals surface area contributed by atoms with Gasteiger partial charge in [-0.05, 0) is 12.8 Å². The molecule has 0 aromatic rings. The van der Waals surface area contributed by atoms with Gasteiger partial charge in [0, 0.05) is 5.75 Å². The lowest BCUT2D eigenvalue weighted by molar-refractivity contribution is 0.591. The van der Waals surface area contributed by atoms with E-state index in [0.29, 0.717) is 12.8 Å². The van der Waals surface area contributed by atoms with Crippen LogP contribution in [0.5, 0.6) is 0 Å². The predicted octanol–water partition coefficient (Wildman–Crippen LogP) is 0.240. The van der Waals surface area contributed by atoms with Crippen molar-refractivity contribution in [1.82, 2.24) is 0 Å². The van der Waals surface area contributed by atoms with Crippen molar-refractivity contribution in [3.05, 3.63) is 0 Å². The highest BCUT2D eigenvalue weighted by atomic mass is 32.2. The summed E-state index contributed by atoms with van der Waals surface area (Å²) in [4.78, 5) is 0.138. The van der Waals surface area contributed by atoms with Crippen molar-refractivity contribution in [2.24, 2.45) is 5.73 Å². The Kier molecular flexibility index (Phi) is 1.96. The number of hydrogen-bond acceptors (Lipinski definition) is 3. The van der Waals surface area contributed by atoms with Gasteiger partial charge in [-0.25, -0.2) is 8.42 Å². The van der Waals surface area contributed by atoms with Crippen molar-refractivity contribution in [2.75, 3.05) is 5.75 Å². The van der Waals surface area contributed by atoms with Crippen LogP contribution < -0.4 is 5.73 Å². The van der Waals surface area contributed by atoms with E-state index in [-0.39, 0.29) is 10.7 Å². The van der Waals surface area contributed by atoms with Crippen LogP contribution in [0.15, 0.2) is 0 Å². The Bertz CT molecular complexity index is 277. The summed E-state index contributed by atoms with van der Waals surface area (Å²) >= 11 is 4.71. The zero-order chi connectivity index (χ0) is 8.70. The average Bonchev–Trinajstić information content (AvgIpc) is 2.66. The number of hydrogen-bond donors (Lipinski definition) is 1. The van der Waals surface area contributed by atoms with E-state index < -0.39 is 14.6 Å². The molecular weight excluding hydrogens is 182 g/mol. The predicted molar refractivity (Wildman–Crippen MR) is 48.2 cm³/mol. The summed E-state index contributed by atoms with van der Waals surface area (Å²) < 4.78 is 21.9. The lowest BCUT2D eigenvalue weighted by atomic mass is 10.4. The van der Waals surface area contributed by atoms with Crippen molar-refractivity contribution in [1.29, 1.82) is 0 Å². The summed E-state index contributed by atoms with van der Waals surface area (Å²) in [5.41, 5.74) is 5.35. The van der Waals surface area contributed by atoms with Crippen LogP contribution in [0, 0.1) is 0 Å². The van der Waals surface area contributed by atoms with Crippen LogP contribution in [0.25, 0.3) is 0 Å². The molecule has 0 aliphatic heterocycles. The molecular formula is C6H11NO2S2. The maximum absolute atomic E-state index is 11.4. The fourth-order valence-electron chi connectivity index (χ4n) is 1.10. The maximum Gasteiger partial charge on any atom is 0.162 e. The first kappa shape index (κ1) is 8.93. The fourth-order valence-corrected chi connectivity index (χ4v) is 3.27. The number of sulfone groups is 1. The molecule has 0 unspecified atom stereocenters. The maximum atomic E-state index is 11.4. The van der Waals surface area contributed by atoms with Crippen LogP contribution >= 0.6 is 12.2 Å². The van der Waals surface area contributed by atoms with E-state index in [9.17, 15) is 8.42 Å². The fraction of sp³-hybridized carbons (Fsp3) is 0.833. The second-order valence-electron chi connectivity index (χ2n) is 2.76. The topological polar surface area (TPSA) is 60.2 Å². The SMILES string of the molecule is CCS(=O)(=O)C1(C(N)=S)CC1. The molecule has 0 radical (unpaired) electrons. The van der Waals surface area contributed by atoms with Crippen LogP contribution in [-0.4, -0.2) is 23.9 Å². The zero-order valence-electron chi connectivity index (χ0n) is 6.33. The molecule has 64 valence electrons. The molecule has 1 rings (SSSR count). The van der Waals surface area contributed by atoms with Gasteiger partial charge in [-0.15, -0.1) is 0 Å². The third-order valence-corrected chi connectivity index (χ3v) is 5.23. The van der Waals surface area contributed by atoms with Gasteiger partial charge in [0.05, 0.1) is 4.99 Å². The molecule has 0 amide bonds. The monoisotopic (exact) mass is 193 g/mol. The van der Waals surface area contributed by atoms with Crippen LogP contribution in [0.3, 0.4) is 0 Å². The summed E-state index contributed by atoms with van der Waals surface area (Å²) in [6.45, 7) is 1.62. The third-order valence-electron chi connectivity index (χ3n) is 2.13. The lowest BCUT2D eigenvalue weighted by Gasteiger charge is -2.11. The summed E-state index contributed by atoms with van der Waals surface area (Å²) in [6.07, 6.45) is 1.22. The summed E-state index contributed by atoms with van der Waals surface area (Å²) in [5.74, 6) is 0.129. The van der Waals surface area contributed by atoms with Gasteiger partial charge in [0.1, 0.15) is 4.75 Å². The first-order valence-electron chi connectivity index (χ1n) is 3.48. The molecule has 0 spiro atoms. The largest absolute Gasteiger partial charge is 0.392 e. The first-order chi connectivity index (χ1) is 4.96. The Balaban J connectivity index is 3.00. The van der Waals surface area contributed by atoms with E-state index in [4.69, 9.17) is 18.0 Å². The lowest BCUT2D eigenvalue weighted by Crippen LogP contribution is -2.37. The smallest absolute Gasteiger partial charge is 0.162 e. The molecule has 1 aliphatic rings. The van der Waals surface area contributed by atoms with Crippen molar-refractivity contribution >= 4 is 27.0 Å². The second kappa shape index (κ2) is 2.42. The Morgan fingerprint density at radius 1 is 1.64 bits per heavy atom. The van der Waals surface area contributed by atoms with Crippen LogP contribution in [0.4, 0.5) is 0 Å². The average molecular weight is 193 g/mol. The van der Waals surface area contributed by atoms with Crippen molar-refractivity contribution in [3.63, 3.8) is 0 Å². The quantitative estimate of drug-likeness (QED) is 0.652. The van der Waals surface area contributed by atoms with Gasteiger partial charge in [-0.3, -0.25) is 0 Å². The molecule has 1 saturated carbocycles. The highest BCUT2D eigenvalue weighted by Crippen LogP contribution is 2.44. The normalized spacial score (nSPS) is 21.2. The van der Waals surface area contributed by atoms with E-state index in [1.165, 1.54) is 0 Å². The number of nitrogens with two attached hydrogens (primary N) is 1. The van der Waals surface area contributed by atoms with E-state index in [2.05, 4.69) is 0 Å². The van der Waals surface area contributed by atoms with Gasteiger partial charge in [-0.1, -0.05) is 19.1 Å². The Morgan fingerprint density at radius 3 is 2.18 bits per heavy atom. The molecule has 0 atom stereocenters. The van der Waals surface area contributed by atoms with E-state index >= 15 is 0 Å². The Hall–Kier alpha value is -0.160. The Labute approximate surface area is 71.9 Å². The molecule has 0 aromatic carbocycles. The minimum Gasteiger partial charge on any atom is -0.392 e. The molecule has 0 bridgehead atoms. The molecule has 3 nitrogen and oxygen atoms in total. The molecule has 0 aromatic heterocycles. The van der Waals surface area contributed by atoms with E-state index in [1.807, 2.05) is 0 Å². The van der Waals surface area contributed by atoms with Gasteiger partial charge in [0.25, 0.3) is 0 Å². The molecule has 1 fully saturated rings. The first-order valence-corrected chi connectivity index (χ1v) is 5.54. The zero-order valence-corrected chi connectivity index (χ0v) is 7.96. The molecule has 11 heavy (non-hydrogen) atoms. The van der Waals surface area contributed by atoms with Crippen LogP contribution in [0.2, 0.25) is 0 Å². The molecule has 0 heterocycles. The Morgan fingerprint density at radius 2 is 2.09 bits per heavy atom. The van der Waals surface area contributed by atoms with Gasteiger partial charge in [-0.2, -0.15) is 0 Å². The third kappa shape index (κ3) is 1.16. The summed E-state index contributed by atoms with van der Waals surface area (Å²) in [6, 6.07) is 0. The van der Waals surface area contributed by atoms with Crippen LogP contribution in [-0.2, 0) is 9.84 Å². The van der Waals surface area contributed by atoms with Crippen molar-refractivity contribution < 1.29 is 8.42 Å². The van der Waals surface area contributed by atoms with Gasteiger partial charge in [0.15, 0.2) is 9.84 Å². The highest BCUT2D eigenvalue weighted by Gasteiger charge is 2.56. The van der Waals surface area contributed by atoms with Gasteiger partial charge >= 0.3 is 0 Å². The molecule has 0 saturated heterocycles. The summed E-state index contributed by atoms with van der Waals surface area (Å²) in [5, 5.41) is 0. The molecule has 1 aliphatic carbocycles. The second-order valence-corrected chi connectivity index (χ2v) is 5.79. The number of thiocarbonyl (C=S) groups is 1. The number of rotatable bonds is 3. The van der Waals surface area contributed by atoms with Crippen LogP contribution in [0.1, 0.15) is 19.8 Å². The van der Waals surface area contributed by atoms with Gasteiger partial charge < -0.3 is 5.73 Å². The van der Waals surface area contributed by atoms with E-state index in [1.54, 1.807) is 6.92 Å². The van der Waals surface area contributed by atoms with Crippen molar-refractivity contribution in [2.45, 2.75) is 24.5 Å². The van der Waals surface area contributed by atoms with Crippen molar-refractivity contribution in [3.8, 4) is 0 Å². The molecule has 5 heteroatoms. The van der Waals surface area contributed by atoms with Gasteiger partial charge in [0.2, 0.25) is 0 Å². The highest BCUT2D eigenvalue weighted by molar-refractivity contribution is 7.95. The molecule has 2 N–H and O–H groups in total. The minimum atomic E-state index is -3.05. The minimum absolute atomic E-state index is 0.129. The summed E-state index contributed by atoms with van der Waals surface area (Å²) in [7, 11) is -3.05. The van der Waals surface area contributed by atoms with E-state index in [0.717, 1.165) is 0 Å². The standard InChI is InChI=1S/C6H11NO2S2/c1-2-11(8,9)6(3-4-6)5(7)10/h2-4H2,1H3,(H2,7,10).